The number of hydrogen-bond acceptors (Lipinski definition) is 1. The summed E-state index contributed by atoms with van der Waals surface area (Å²) in [6, 6.07) is 0.749. The lowest BCUT2D eigenvalue weighted by Crippen LogP contribution is -2.26. The zero-order valence-electron chi connectivity index (χ0n) is 10.8. The van der Waals surface area contributed by atoms with Crippen LogP contribution in [0.1, 0.15) is 54.4 Å². The highest BCUT2D eigenvalue weighted by molar-refractivity contribution is 4.89. The molecule has 1 unspecified atom stereocenters. The molecule has 0 radical (unpaired) electrons. The standard InChI is InChI=1S/C13H27N/c1-12(2,3)8-11-7-10(9-14-11)13(4,5)6/h10-11,14H,7-9H2,1-6H3/t10-,11?/m0/s1. The van der Waals surface area contributed by atoms with Crippen molar-refractivity contribution in [1.29, 1.82) is 0 Å². The van der Waals surface area contributed by atoms with Gasteiger partial charge in [-0.15, -0.1) is 0 Å². The summed E-state index contributed by atoms with van der Waals surface area (Å²) in [7, 11) is 0. The molecule has 1 heteroatoms. The van der Waals surface area contributed by atoms with E-state index in [9.17, 15) is 0 Å². The molecule has 1 N–H and O–H groups in total. The summed E-state index contributed by atoms with van der Waals surface area (Å²) in [5, 5.41) is 3.67. The molecule has 1 fully saturated rings. The number of hydrogen-bond donors (Lipinski definition) is 1. The van der Waals surface area contributed by atoms with E-state index in [1.54, 1.807) is 0 Å². The third-order valence-corrected chi connectivity index (χ3v) is 3.31. The van der Waals surface area contributed by atoms with E-state index in [-0.39, 0.29) is 0 Å². The van der Waals surface area contributed by atoms with Gasteiger partial charge in [0.1, 0.15) is 0 Å². The van der Waals surface area contributed by atoms with Crippen LogP contribution in [0.25, 0.3) is 0 Å². The zero-order valence-corrected chi connectivity index (χ0v) is 10.8. The molecule has 0 amide bonds. The van der Waals surface area contributed by atoms with E-state index in [0.29, 0.717) is 10.8 Å². The summed E-state index contributed by atoms with van der Waals surface area (Å²) in [4.78, 5) is 0. The fraction of sp³-hybridized carbons (Fsp3) is 1.00. The first kappa shape index (κ1) is 12.0. The lowest BCUT2D eigenvalue weighted by Gasteiger charge is -2.27. The van der Waals surface area contributed by atoms with Crippen molar-refractivity contribution >= 4 is 0 Å². The van der Waals surface area contributed by atoms with E-state index in [2.05, 4.69) is 46.9 Å². The van der Waals surface area contributed by atoms with Crippen LogP contribution in [-0.4, -0.2) is 12.6 Å². The summed E-state index contributed by atoms with van der Waals surface area (Å²) in [6.45, 7) is 15.3. The molecule has 0 aromatic rings. The Labute approximate surface area is 89.7 Å². The molecule has 84 valence electrons. The molecule has 2 atom stereocenters. The van der Waals surface area contributed by atoms with Gasteiger partial charge in [-0.2, -0.15) is 0 Å². The van der Waals surface area contributed by atoms with E-state index >= 15 is 0 Å². The molecule has 1 aliphatic heterocycles. The second kappa shape index (κ2) is 3.84. The highest BCUT2D eigenvalue weighted by Crippen LogP contribution is 2.35. The smallest absolute Gasteiger partial charge is 0.00754 e. The van der Waals surface area contributed by atoms with Gasteiger partial charge in [0.05, 0.1) is 0 Å². The largest absolute Gasteiger partial charge is 0.314 e. The highest BCUT2D eigenvalue weighted by Gasteiger charge is 2.33. The molecular weight excluding hydrogens is 170 g/mol. The van der Waals surface area contributed by atoms with E-state index in [1.807, 2.05) is 0 Å². The van der Waals surface area contributed by atoms with Crippen LogP contribution in [0.4, 0.5) is 0 Å². The summed E-state index contributed by atoms with van der Waals surface area (Å²) < 4.78 is 0. The van der Waals surface area contributed by atoms with Crippen molar-refractivity contribution in [3.63, 3.8) is 0 Å². The fourth-order valence-corrected chi connectivity index (χ4v) is 2.37. The van der Waals surface area contributed by atoms with Crippen molar-refractivity contribution < 1.29 is 0 Å². The summed E-state index contributed by atoms with van der Waals surface area (Å²) in [6.07, 6.45) is 2.67. The summed E-state index contributed by atoms with van der Waals surface area (Å²) >= 11 is 0. The van der Waals surface area contributed by atoms with Gasteiger partial charge in [0, 0.05) is 6.04 Å². The Morgan fingerprint density at radius 3 is 2.00 bits per heavy atom. The minimum atomic E-state index is 0.463. The van der Waals surface area contributed by atoms with Gasteiger partial charge in [0.15, 0.2) is 0 Å². The van der Waals surface area contributed by atoms with Crippen molar-refractivity contribution in [3.8, 4) is 0 Å². The first-order valence-electron chi connectivity index (χ1n) is 5.92. The monoisotopic (exact) mass is 197 g/mol. The molecule has 1 saturated heterocycles. The van der Waals surface area contributed by atoms with Crippen molar-refractivity contribution in [2.75, 3.05) is 6.54 Å². The highest BCUT2D eigenvalue weighted by atomic mass is 15.0. The van der Waals surface area contributed by atoms with Gasteiger partial charge in [-0.3, -0.25) is 0 Å². The Balaban J connectivity index is 2.42. The fourth-order valence-electron chi connectivity index (χ4n) is 2.37. The van der Waals surface area contributed by atoms with Crippen LogP contribution < -0.4 is 5.32 Å². The molecule has 1 heterocycles. The van der Waals surface area contributed by atoms with Crippen LogP contribution in [0, 0.1) is 16.7 Å². The molecule has 14 heavy (non-hydrogen) atoms. The normalized spacial score (nSPS) is 29.6. The first-order valence-corrected chi connectivity index (χ1v) is 5.92. The molecular formula is C13H27N. The summed E-state index contributed by atoms with van der Waals surface area (Å²) in [5.41, 5.74) is 0.935. The number of nitrogens with one attached hydrogen (secondary N) is 1. The third-order valence-electron chi connectivity index (χ3n) is 3.31. The predicted octanol–water partition coefficient (Wildman–Crippen LogP) is 3.45. The minimum Gasteiger partial charge on any atom is -0.314 e. The van der Waals surface area contributed by atoms with Crippen molar-refractivity contribution in [2.45, 2.75) is 60.4 Å². The van der Waals surface area contributed by atoms with Gasteiger partial charge in [0.2, 0.25) is 0 Å². The maximum atomic E-state index is 3.67. The molecule has 1 aliphatic rings. The maximum absolute atomic E-state index is 3.67. The topological polar surface area (TPSA) is 12.0 Å². The van der Waals surface area contributed by atoms with Gasteiger partial charge in [0.25, 0.3) is 0 Å². The lowest BCUT2D eigenvalue weighted by atomic mass is 9.78. The van der Waals surface area contributed by atoms with Crippen molar-refractivity contribution in [1.82, 2.24) is 5.32 Å². The van der Waals surface area contributed by atoms with E-state index in [1.165, 1.54) is 19.4 Å². The second-order valence-corrected chi connectivity index (χ2v) is 7.17. The third kappa shape index (κ3) is 3.61. The first-order chi connectivity index (χ1) is 6.18. The van der Waals surface area contributed by atoms with Crippen LogP contribution in [0.2, 0.25) is 0 Å². The van der Waals surface area contributed by atoms with Crippen LogP contribution in [0.5, 0.6) is 0 Å². The average Bonchev–Trinajstić information content (AvgIpc) is 2.29. The molecule has 0 spiro atoms. The molecule has 0 aromatic carbocycles. The molecule has 0 aliphatic carbocycles. The van der Waals surface area contributed by atoms with E-state index < -0.39 is 0 Å². The Morgan fingerprint density at radius 1 is 1.07 bits per heavy atom. The van der Waals surface area contributed by atoms with Crippen LogP contribution in [0.3, 0.4) is 0 Å². The summed E-state index contributed by atoms with van der Waals surface area (Å²) in [5.74, 6) is 0.856. The van der Waals surface area contributed by atoms with Crippen molar-refractivity contribution in [3.05, 3.63) is 0 Å². The van der Waals surface area contributed by atoms with E-state index in [0.717, 1.165) is 12.0 Å². The Bertz CT molecular complexity index is 182. The quantitative estimate of drug-likeness (QED) is 0.679. The maximum Gasteiger partial charge on any atom is 0.00754 e. The minimum absolute atomic E-state index is 0.463. The van der Waals surface area contributed by atoms with Crippen LogP contribution in [0.15, 0.2) is 0 Å². The van der Waals surface area contributed by atoms with Gasteiger partial charge in [-0.05, 0) is 36.1 Å². The molecule has 1 rings (SSSR count). The zero-order chi connectivity index (χ0) is 11.0. The molecule has 0 aromatic heterocycles. The molecule has 1 nitrogen and oxygen atoms in total. The van der Waals surface area contributed by atoms with Gasteiger partial charge >= 0.3 is 0 Å². The molecule has 0 bridgehead atoms. The SMILES string of the molecule is CC(C)(C)CC1C[C@H](C(C)(C)C)CN1. The van der Waals surface area contributed by atoms with Gasteiger partial charge in [-0.1, -0.05) is 41.5 Å². The van der Waals surface area contributed by atoms with Gasteiger partial charge in [-0.25, -0.2) is 0 Å². The Kier molecular flexibility index (Phi) is 3.30. The van der Waals surface area contributed by atoms with Crippen LogP contribution in [-0.2, 0) is 0 Å². The van der Waals surface area contributed by atoms with Crippen molar-refractivity contribution in [2.24, 2.45) is 16.7 Å². The lowest BCUT2D eigenvalue weighted by molar-refractivity contribution is 0.248. The second-order valence-electron chi connectivity index (χ2n) is 7.17. The Morgan fingerprint density at radius 2 is 1.64 bits per heavy atom. The predicted molar refractivity (Wildman–Crippen MR) is 63.4 cm³/mol. The van der Waals surface area contributed by atoms with E-state index in [4.69, 9.17) is 0 Å². The Hall–Kier alpha value is -0.0400. The molecule has 0 saturated carbocycles. The van der Waals surface area contributed by atoms with Crippen LogP contribution >= 0.6 is 0 Å². The number of rotatable bonds is 1. The average molecular weight is 197 g/mol. The van der Waals surface area contributed by atoms with Gasteiger partial charge < -0.3 is 5.32 Å².